The molecule has 65 heavy (non-hydrogen) atoms. The Labute approximate surface area is 384 Å². The van der Waals surface area contributed by atoms with Gasteiger partial charge >= 0.3 is 0 Å². The molecule has 0 aliphatic heterocycles. The SMILES string of the molecule is [2H]c1c([2H])c(N(c2ccccc2)c2cccc(-c3ccccc3)c2)c([2H])c([2H])c1-c1ccc2cc(N(c3ccc4ccccc4c3)c3ccc4c(c3)c3ccccc3n4-c3ccccc3)ccc2c1. The third kappa shape index (κ3) is 7.06. The number of rotatable bonds is 9. The summed E-state index contributed by atoms with van der Waals surface area (Å²) in [5, 5.41) is 6.54. The molecule has 0 aliphatic carbocycles. The lowest BCUT2D eigenvalue weighted by Crippen LogP contribution is -2.10. The Bertz CT molecular complexity index is 3880. The number of anilines is 6. The summed E-state index contributed by atoms with van der Waals surface area (Å²) >= 11 is 0. The minimum absolute atomic E-state index is 0.103. The molecular formula is C62H43N3. The molecule has 0 bridgehead atoms. The van der Waals surface area contributed by atoms with Crippen molar-refractivity contribution in [2.24, 2.45) is 0 Å². The minimum Gasteiger partial charge on any atom is -0.310 e. The second-order valence-corrected chi connectivity index (χ2v) is 16.3. The van der Waals surface area contributed by atoms with Gasteiger partial charge in [-0.3, -0.25) is 0 Å². The summed E-state index contributed by atoms with van der Waals surface area (Å²) in [6, 6.07) is 80.4. The van der Waals surface area contributed by atoms with Gasteiger partial charge in [0.1, 0.15) is 0 Å². The normalized spacial score (nSPS) is 12.2. The number of para-hydroxylation sites is 3. The molecule has 0 N–H and O–H groups in total. The van der Waals surface area contributed by atoms with Gasteiger partial charge in [0.2, 0.25) is 0 Å². The van der Waals surface area contributed by atoms with Crippen LogP contribution >= 0.6 is 0 Å². The lowest BCUT2D eigenvalue weighted by molar-refractivity contribution is 1.18. The van der Waals surface area contributed by atoms with Crippen LogP contribution in [0.3, 0.4) is 0 Å². The van der Waals surface area contributed by atoms with Crippen LogP contribution in [-0.2, 0) is 0 Å². The van der Waals surface area contributed by atoms with E-state index in [4.69, 9.17) is 0 Å². The molecule has 0 aliphatic rings. The molecule has 0 unspecified atom stereocenters. The number of aromatic nitrogens is 1. The first-order chi connectivity index (χ1) is 33.9. The van der Waals surface area contributed by atoms with Crippen molar-refractivity contribution in [2.75, 3.05) is 9.80 Å². The molecule has 3 heteroatoms. The molecule has 0 saturated heterocycles. The van der Waals surface area contributed by atoms with Gasteiger partial charge in [0.25, 0.3) is 0 Å². The van der Waals surface area contributed by atoms with Gasteiger partial charge in [-0.15, -0.1) is 0 Å². The van der Waals surface area contributed by atoms with Crippen LogP contribution < -0.4 is 9.80 Å². The average molecular weight is 834 g/mol. The lowest BCUT2D eigenvalue weighted by atomic mass is 9.99. The van der Waals surface area contributed by atoms with E-state index in [2.05, 4.69) is 149 Å². The van der Waals surface area contributed by atoms with Crippen molar-refractivity contribution in [2.45, 2.75) is 0 Å². The van der Waals surface area contributed by atoms with Crippen LogP contribution in [-0.4, -0.2) is 4.57 Å². The molecule has 11 aromatic carbocycles. The standard InChI is InChI=1S/C62H43N3/c1-4-15-44(16-5-1)48-19-14-24-55(40-48)63(52-20-6-2-7-21-52)54-33-29-46(30-34-54)49-27-28-51-42-57(36-32-50(51)39-49)64(56-35-31-45-17-10-11-18-47(45)41-56)58-37-38-62-60(43-58)59-25-12-13-26-61(59)65(62)53-22-8-3-9-23-53/h1-43H/i29D,30D,33D,34D. The summed E-state index contributed by atoms with van der Waals surface area (Å²) in [6.45, 7) is 0. The van der Waals surface area contributed by atoms with Gasteiger partial charge in [-0.05, 0) is 147 Å². The average Bonchev–Trinajstić information content (AvgIpc) is 3.74. The van der Waals surface area contributed by atoms with E-state index in [1.807, 2.05) is 102 Å². The first-order valence-electron chi connectivity index (χ1n) is 23.9. The van der Waals surface area contributed by atoms with Gasteiger partial charge in [-0.2, -0.15) is 0 Å². The highest BCUT2D eigenvalue weighted by atomic mass is 15.1. The number of fused-ring (bicyclic) bond motifs is 5. The fraction of sp³-hybridized carbons (Fsp3) is 0. The zero-order chi connectivity index (χ0) is 46.6. The summed E-state index contributed by atoms with van der Waals surface area (Å²) in [5.74, 6) is 0. The zero-order valence-electron chi connectivity index (χ0n) is 39.4. The Morgan fingerprint density at radius 2 is 0.785 bits per heavy atom. The van der Waals surface area contributed by atoms with Crippen LogP contribution in [0.15, 0.2) is 261 Å². The predicted molar refractivity (Wildman–Crippen MR) is 276 cm³/mol. The van der Waals surface area contributed by atoms with E-state index in [-0.39, 0.29) is 35.4 Å². The van der Waals surface area contributed by atoms with Crippen molar-refractivity contribution in [3.05, 3.63) is 261 Å². The van der Waals surface area contributed by atoms with Crippen LogP contribution in [0, 0.1) is 0 Å². The second-order valence-electron chi connectivity index (χ2n) is 16.3. The van der Waals surface area contributed by atoms with E-state index in [9.17, 15) is 5.48 Å². The molecule has 3 nitrogen and oxygen atoms in total. The van der Waals surface area contributed by atoms with Crippen LogP contribution in [0.1, 0.15) is 5.48 Å². The lowest BCUT2D eigenvalue weighted by Gasteiger charge is -2.26. The highest BCUT2D eigenvalue weighted by Gasteiger charge is 2.19. The van der Waals surface area contributed by atoms with Crippen LogP contribution in [0.5, 0.6) is 0 Å². The fourth-order valence-electron chi connectivity index (χ4n) is 9.25. The molecule has 0 fully saturated rings. The van der Waals surface area contributed by atoms with Crippen molar-refractivity contribution in [3.63, 3.8) is 0 Å². The van der Waals surface area contributed by atoms with Crippen LogP contribution in [0.25, 0.3) is 71.3 Å². The summed E-state index contributed by atoms with van der Waals surface area (Å²) in [6.07, 6.45) is 0. The van der Waals surface area contributed by atoms with Gasteiger partial charge in [0, 0.05) is 50.6 Å². The first-order valence-corrected chi connectivity index (χ1v) is 21.9. The second kappa shape index (κ2) is 16.2. The van der Waals surface area contributed by atoms with Crippen molar-refractivity contribution < 1.29 is 5.48 Å². The smallest absolute Gasteiger partial charge is 0.0645 e. The van der Waals surface area contributed by atoms with Gasteiger partial charge in [0.05, 0.1) is 16.5 Å². The Hall–Kier alpha value is -8.66. The zero-order valence-corrected chi connectivity index (χ0v) is 35.4. The maximum atomic E-state index is 9.52. The Morgan fingerprint density at radius 3 is 1.57 bits per heavy atom. The van der Waals surface area contributed by atoms with E-state index in [0.717, 1.165) is 77.8 Å². The molecule has 1 heterocycles. The van der Waals surface area contributed by atoms with Gasteiger partial charge in [-0.25, -0.2) is 0 Å². The van der Waals surface area contributed by atoms with E-state index < -0.39 is 0 Å². The molecule has 0 saturated carbocycles. The van der Waals surface area contributed by atoms with E-state index in [1.54, 1.807) is 0 Å². The van der Waals surface area contributed by atoms with Crippen molar-refractivity contribution >= 4 is 77.5 Å². The van der Waals surface area contributed by atoms with Crippen molar-refractivity contribution in [1.29, 1.82) is 0 Å². The monoisotopic (exact) mass is 833 g/mol. The molecule has 0 amide bonds. The Morgan fingerprint density at radius 1 is 0.277 bits per heavy atom. The topological polar surface area (TPSA) is 11.4 Å². The number of hydrogen-bond acceptors (Lipinski definition) is 2. The number of hydrogen-bond donors (Lipinski definition) is 0. The number of nitrogens with zero attached hydrogens (tertiary/aromatic N) is 3. The van der Waals surface area contributed by atoms with Gasteiger partial charge in [0.15, 0.2) is 0 Å². The van der Waals surface area contributed by atoms with Gasteiger partial charge in [-0.1, -0.05) is 158 Å². The summed E-state index contributed by atoms with van der Waals surface area (Å²) in [4.78, 5) is 4.14. The third-order valence-corrected chi connectivity index (χ3v) is 12.4. The maximum absolute atomic E-state index is 9.52. The molecule has 0 radical (unpaired) electrons. The molecule has 0 atom stereocenters. The van der Waals surface area contributed by atoms with Gasteiger partial charge < -0.3 is 14.4 Å². The Balaban J connectivity index is 0.966. The fourth-order valence-corrected chi connectivity index (χ4v) is 9.25. The molecule has 12 aromatic rings. The molecular weight excluding hydrogens is 787 g/mol. The minimum atomic E-state index is -0.120. The first kappa shape index (κ1) is 33.9. The maximum Gasteiger partial charge on any atom is 0.0645 e. The highest BCUT2D eigenvalue weighted by Crippen LogP contribution is 2.42. The summed E-state index contributed by atoms with van der Waals surface area (Å²) in [7, 11) is 0. The molecule has 0 spiro atoms. The molecule has 1 aromatic heterocycles. The number of benzene rings is 11. The summed E-state index contributed by atoms with van der Waals surface area (Å²) in [5.41, 5.74) is 10.9. The quantitative estimate of drug-likeness (QED) is 0.144. The molecule has 306 valence electrons. The Kier molecular flexibility index (Phi) is 8.47. The molecule has 12 rings (SSSR count). The third-order valence-electron chi connectivity index (χ3n) is 12.4. The van der Waals surface area contributed by atoms with Crippen LogP contribution in [0.2, 0.25) is 0 Å². The van der Waals surface area contributed by atoms with E-state index in [0.29, 0.717) is 5.56 Å². The van der Waals surface area contributed by atoms with Crippen molar-refractivity contribution in [3.8, 4) is 27.9 Å². The predicted octanol–water partition coefficient (Wildman–Crippen LogP) is 17.4. The highest BCUT2D eigenvalue weighted by molar-refractivity contribution is 6.11. The summed E-state index contributed by atoms with van der Waals surface area (Å²) < 4.78 is 40.3. The van der Waals surface area contributed by atoms with Crippen LogP contribution in [0.4, 0.5) is 34.1 Å². The van der Waals surface area contributed by atoms with Crippen molar-refractivity contribution in [1.82, 2.24) is 4.57 Å². The van der Waals surface area contributed by atoms with E-state index >= 15 is 0 Å². The largest absolute Gasteiger partial charge is 0.310 e. The van der Waals surface area contributed by atoms with E-state index in [1.165, 1.54) is 10.8 Å².